The second kappa shape index (κ2) is 5.22. The standard InChI is InChI=1S/C15H12ClN5O2S/c1-24(22,23)11-4-2-3-10(8-11)17-14-19-15-18-12-7-9(16)5-6-13(12)21(15)20-14/h2-8H,1H3,(H2,17,18,19,20). The molecule has 4 rings (SSSR count). The summed E-state index contributed by atoms with van der Waals surface area (Å²) in [5.74, 6) is 0.953. The number of benzene rings is 2. The summed E-state index contributed by atoms with van der Waals surface area (Å²) >= 11 is 5.96. The molecule has 2 heterocycles. The van der Waals surface area contributed by atoms with E-state index in [-0.39, 0.29) is 4.90 Å². The zero-order chi connectivity index (χ0) is 16.9. The van der Waals surface area contributed by atoms with Crippen molar-refractivity contribution in [3.05, 3.63) is 47.5 Å². The molecule has 0 spiro atoms. The zero-order valence-electron chi connectivity index (χ0n) is 12.5. The van der Waals surface area contributed by atoms with Crippen LogP contribution < -0.4 is 5.32 Å². The van der Waals surface area contributed by atoms with Crippen molar-refractivity contribution < 1.29 is 8.42 Å². The van der Waals surface area contributed by atoms with Crippen LogP contribution in [-0.2, 0) is 9.84 Å². The Hall–Kier alpha value is -2.58. The van der Waals surface area contributed by atoms with E-state index in [0.717, 1.165) is 11.0 Å². The molecule has 0 saturated carbocycles. The van der Waals surface area contributed by atoms with E-state index < -0.39 is 9.84 Å². The van der Waals surface area contributed by atoms with Crippen molar-refractivity contribution in [1.82, 2.24) is 19.6 Å². The van der Waals surface area contributed by atoms with Gasteiger partial charge in [-0.15, -0.1) is 0 Å². The normalized spacial score (nSPS) is 12.1. The second-order valence-electron chi connectivity index (χ2n) is 5.38. The molecular formula is C15H12ClN5O2S. The molecule has 0 amide bonds. The number of halogens is 1. The monoisotopic (exact) mass is 361 g/mol. The average Bonchev–Trinajstić information content (AvgIpc) is 3.03. The molecule has 0 aliphatic carbocycles. The van der Waals surface area contributed by atoms with Gasteiger partial charge in [-0.2, -0.15) is 4.98 Å². The van der Waals surface area contributed by atoms with E-state index in [2.05, 4.69) is 20.4 Å². The fourth-order valence-corrected chi connectivity index (χ4v) is 3.29. The molecule has 0 radical (unpaired) electrons. The molecule has 2 aromatic carbocycles. The van der Waals surface area contributed by atoms with Gasteiger partial charge >= 0.3 is 0 Å². The van der Waals surface area contributed by atoms with Gasteiger partial charge in [0.05, 0.1) is 15.9 Å². The Balaban J connectivity index is 1.73. The molecule has 0 saturated heterocycles. The number of H-pyrrole nitrogens is 1. The minimum Gasteiger partial charge on any atom is -0.325 e. The van der Waals surface area contributed by atoms with Crippen LogP contribution in [0.25, 0.3) is 16.8 Å². The fraction of sp³-hybridized carbons (Fsp3) is 0.0667. The molecule has 0 aliphatic rings. The number of imidazole rings is 1. The van der Waals surface area contributed by atoms with E-state index in [1.807, 2.05) is 6.07 Å². The first-order valence-electron chi connectivity index (χ1n) is 7.01. The highest BCUT2D eigenvalue weighted by Gasteiger charge is 2.11. The lowest BCUT2D eigenvalue weighted by atomic mass is 10.3. The smallest absolute Gasteiger partial charge is 0.253 e. The lowest BCUT2D eigenvalue weighted by Gasteiger charge is -2.04. The summed E-state index contributed by atoms with van der Waals surface area (Å²) in [6.07, 6.45) is 1.17. The Morgan fingerprint density at radius 2 is 2.00 bits per heavy atom. The minimum absolute atomic E-state index is 0.240. The van der Waals surface area contributed by atoms with Crippen LogP contribution in [0.15, 0.2) is 47.4 Å². The first kappa shape index (κ1) is 15.0. The van der Waals surface area contributed by atoms with Gasteiger partial charge in [0.15, 0.2) is 9.84 Å². The predicted molar refractivity (Wildman–Crippen MR) is 92.7 cm³/mol. The van der Waals surface area contributed by atoms with Gasteiger partial charge in [0.1, 0.15) is 0 Å². The maximum Gasteiger partial charge on any atom is 0.253 e. The van der Waals surface area contributed by atoms with E-state index in [1.165, 1.54) is 6.26 Å². The van der Waals surface area contributed by atoms with Gasteiger partial charge in [-0.3, -0.25) is 5.10 Å². The molecule has 0 bridgehead atoms. The van der Waals surface area contributed by atoms with Crippen molar-refractivity contribution in [2.24, 2.45) is 0 Å². The number of sulfone groups is 1. The fourth-order valence-electron chi connectivity index (χ4n) is 2.45. The Kier molecular flexibility index (Phi) is 3.26. The first-order valence-corrected chi connectivity index (χ1v) is 9.28. The molecular weight excluding hydrogens is 350 g/mol. The van der Waals surface area contributed by atoms with Crippen molar-refractivity contribution >= 4 is 49.9 Å². The van der Waals surface area contributed by atoms with Gasteiger partial charge in [0.2, 0.25) is 5.95 Å². The number of nitrogens with zero attached hydrogens (tertiary/aromatic N) is 3. The van der Waals surface area contributed by atoms with E-state index in [1.54, 1.807) is 40.9 Å². The number of nitrogens with one attached hydrogen (secondary N) is 2. The van der Waals surface area contributed by atoms with E-state index in [0.29, 0.717) is 22.4 Å². The van der Waals surface area contributed by atoms with Crippen LogP contribution in [0, 0.1) is 0 Å². The van der Waals surface area contributed by atoms with Crippen LogP contribution in [-0.4, -0.2) is 34.3 Å². The van der Waals surface area contributed by atoms with Crippen molar-refractivity contribution in [1.29, 1.82) is 0 Å². The van der Waals surface area contributed by atoms with Crippen LogP contribution >= 0.6 is 11.6 Å². The molecule has 2 aromatic heterocycles. The number of hydrogen-bond donors (Lipinski definition) is 2. The van der Waals surface area contributed by atoms with Gasteiger partial charge < -0.3 is 5.32 Å². The van der Waals surface area contributed by atoms with Crippen LogP contribution in [0.2, 0.25) is 5.02 Å². The first-order chi connectivity index (χ1) is 11.4. The number of fused-ring (bicyclic) bond motifs is 3. The third-order valence-electron chi connectivity index (χ3n) is 3.55. The molecule has 4 aromatic rings. The highest BCUT2D eigenvalue weighted by Crippen LogP contribution is 2.22. The van der Waals surface area contributed by atoms with Gasteiger partial charge in [0, 0.05) is 17.0 Å². The largest absolute Gasteiger partial charge is 0.325 e. The Morgan fingerprint density at radius 1 is 1.17 bits per heavy atom. The van der Waals surface area contributed by atoms with Crippen molar-refractivity contribution in [3.63, 3.8) is 0 Å². The van der Waals surface area contributed by atoms with Crippen LogP contribution in [0.1, 0.15) is 0 Å². The summed E-state index contributed by atoms with van der Waals surface area (Å²) in [7, 11) is -3.26. The van der Waals surface area contributed by atoms with Gasteiger partial charge in [0.25, 0.3) is 5.78 Å². The number of hydrogen-bond acceptors (Lipinski definition) is 5. The summed E-state index contributed by atoms with van der Waals surface area (Å²) in [6.45, 7) is 0. The van der Waals surface area contributed by atoms with Crippen LogP contribution in [0.4, 0.5) is 11.6 Å². The summed E-state index contributed by atoms with van der Waals surface area (Å²) in [6, 6.07) is 11.9. The quantitative estimate of drug-likeness (QED) is 0.585. The van der Waals surface area contributed by atoms with Crippen LogP contribution in [0.3, 0.4) is 0 Å². The molecule has 0 unspecified atom stereocenters. The lowest BCUT2D eigenvalue weighted by Crippen LogP contribution is -1.99. The molecule has 24 heavy (non-hydrogen) atoms. The second-order valence-corrected chi connectivity index (χ2v) is 7.83. The molecule has 2 N–H and O–H groups in total. The molecule has 0 fully saturated rings. The number of anilines is 2. The molecule has 0 atom stereocenters. The highest BCUT2D eigenvalue weighted by atomic mass is 35.5. The average molecular weight is 362 g/mol. The van der Waals surface area contributed by atoms with Crippen LogP contribution in [0.5, 0.6) is 0 Å². The summed E-state index contributed by atoms with van der Waals surface area (Å²) in [5, 5.41) is 6.74. The maximum atomic E-state index is 11.6. The minimum atomic E-state index is -3.26. The summed E-state index contributed by atoms with van der Waals surface area (Å²) in [5.41, 5.74) is 2.20. The topological polar surface area (TPSA) is 92.2 Å². The predicted octanol–water partition coefficient (Wildman–Crippen LogP) is 3.01. The molecule has 7 nitrogen and oxygen atoms in total. The lowest BCUT2D eigenvalue weighted by molar-refractivity contribution is 0.602. The summed E-state index contributed by atoms with van der Waals surface area (Å²) in [4.78, 5) is 8.99. The van der Waals surface area contributed by atoms with E-state index >= 15 is 0 Å². The Morgan fingerprint density at radius 3 is 2.79 bits per heavy atom. The van der Waals surface area contributed by atoms with E-state index in [4.69, 9.17) is 11.6 Å². The Bertz CT molecular complexity index is 1180. The van der Waals surface area contributed by atoms with Crippen molar-refractivity contribution in [2.45, 2.75) is 4.90 Å². The number of rotatable bonds is 3. The molecule has 9 heteroatoms. The third-order valence-corrected chi connectivity index (χ3v) is 4.90. The third kappa shape index (κ3) is 2.59. The number of aromatic nitrogens is 4. The van der Waals surface area contributed by atoms with Gasteiger partial charge in [-0.05, 0) is 36.4 Å². The van der Waals surface area contributed by atoms with Crippen molar-refractivity contribution in [2.75, 3.05) is 11.6 Å². The van der Waals surface area contributed by atoms with Crippen molar-refractivity contribution in [3.8, 4) is 0 Å². The Labute approximate surface area is 142 Å². The summed E-state index contributed by atoms with van der Waals surface area (Å²) < 4.78 is 25.0. The van der Waals surface area contributed by atoms with Gasteiger partial charge in [-0.25, -0.2) is 17.9 Å². The molecule has 0 aliphatic heterocycles. The maximum absolute atomic E-state index is 11.6. The number of aromatic amines is 1. The van der Waals surface area contributed by atoms with Gasteiger partial charge in [-0.1, -0.05) is 17.7 Å². The SMILES string of the molecule is CS(=O)(=O)c1cccc(Nc2nc3nc4cc(Cl)ccc4n3[nH]2)c1. The van der Waals surface area contributed by atoms with E-state index in [9.17, 15) is 8.42 Å². The molecule has 122 valence electrons. The highest BCUT2D eigenvalue weighted by molar-refractivity contribution is 7.90. The zero-order valence-corrected chi connectivity index (χ0v) is 14.1.